The minimum Gasteiger partial charge on any atom is -0.493 e. The number of aromatic nitrogens is 2. The normalized spacial score (nSPS) is 21.6. The number of rotatable bonds is 4. The molecule has 22 heavy (non-hydrogen) atoms. The standard InChI is InChI=1S/C16H20N2O4/c1-20-14-5-3-4-11(15(14)21-2)16-17-7-8-18(16)12-10-22-9-6-13(12)19/h3-5,7-8,12-13,19H,6,9-10H2,1-2H3/t12-,13+/m1/s1. The van der Waals surface area contributed by atoms with E-state index >= 15 is 0 Å². The van der Waals surface area contributed by atoms with E-state index in [9.17, 15) is 5.11 Å². The van der Waals surface area contributed by atoms with Crippen molar-refractivity contribution < 1.29 is 19.3 Å². The van der Waals surface area contributed by atoms with Crippen molar-refractivity contribution in [1.29, 1.82) is 0 Å². The zero-order valence-electron chi connectivity index (χ0n) is 12.7. The molecular weight excluding hydrogens is 284 g/mol. The van der Waals surface area contributed by atoms with Crippen molar-refractivity contribution in [3.8, 4) is 22.9 Å². The lowest BCUT2D eigenvalue weighted by Crippen LogP contribution is -2.34. The van der Waals surface area contributed by atoms with E-state index in [1.54, 1.807) is 20.4 Å². The first kappa shape index (κ1) is 14.9. The van der Waals surface area contributed by atoms with Crippen molar-refractivity contribution in [3.05, 3.63) is 30.6 Å². The number of imidazole rings is 1. The van der Waals surface area contributed by atoms with Crippen LogP contribution in [0.25, 0.3) is 11.4 Å². The highest BCUT2D eigenvalue weighted by Crippen LogP contribution is 2.38. The summed E-state index contributed by atoms with van der Waals surface area (Å²) in [5, 5.41) is 10.3. The third kappa shape index (κ3) is 2.55. The minimum atomic E-state index is -0.446. The molecule has 0 amide bonds. The number of methoxy groups -OCH3 is 2. The summed E-state index contributed by atoms with van der Waals surface area (Å²) in [6.45, 7) is 1.06. The number of benzene rings is 1. The SMILES string of the molecule is COc1cccc(-c2nccn2[C@@H]2COCC[C@@H]2O)c1OC. The summed E-state index contributed by atoms with van der Waals surface area (Å²) >= 11 is 0. The van der Waals surface area contributed by atoms with E-state index < -0.39 is 6.10 Å². The number of hydrogen-bond acceptors (Lipinski definition) is 5. The summed E-state index contributed by atoms with van der Waals surface area (Å²) in [6, 6.07) is 5.51. The van der Waals surface area contributed by atoms with Crippen molar-refractivity contribution in [3.63, 3.8) is 0 Å². The van der Waals surface area contributed by atoms with Gasteiger partial charge in [0.2, 0.25) is 0 Å². The van der Waals surface area contributed by atoms with Gasteiger partial charge in [-0.3, -0.25) is 0 Å². The average molecular weight is 304 g/mol. The Balaban J connectivity index is 2.05. The summed E-state index contributed by atoms with van der Waals surface area (Å²) in [7, 11) is 3.21. The first-order valence-corrected chi connectivity index (χ1v) is 7.26. The smallest absolute Gasteiger partial charge is 0.171 e. The number of ether oxygens (including phenoxy) is 3. The first-order valence-electron chi connectivity index (χ1n) is 7.26. The fourth-order valence-electron chi connectivity index (χ4n) is 2.83. The quantitative estimate of drug-likeness (QED) is 0.934. The van der Waals surface area contributed by atoms with Gasteiger partial charge in [0.25, 0.3) is 0 Å². The number of nitrogens with zero attached hydrogens (tertiary/aromatic N) is 2. The molecule has 6 heteroatoms. The van der Waals surface area contributed by atoms with E-state index in [1.807, 2.05) is 29.0 Å². The molecule has 1 aromatic carbocycles. The molecule has 2 aromatic rings. The average Bonchev–Trinajstić information content (AvgIpc) is 3.03. The molecule has 1 aliphatic rings. The summed E-state index contributed by atoms with van der Waals surface area (Å²) in [6.07, 6.45) is 3.75. The highest BCUT2D eigenvalue weighted by Gasteiger charge is 2.28. The Bertz CT molecular complexity index is 641. The lowest BCUT2D eigenvalue weighted by molar-refractivity contribution is -0.0285. The summed E-state index contributed by atoms with van der Waals surface area (Å²) < 4.78 is 18.3. The molecule has 0 radical (unpaired) electrons. The molecule has 1 aliphatic heterocycles. The maximum atomic E-state index is 10.3. The zero-order chi connectivity index (χ0) is 15.5. The molecule has 0 bridgehead atoms. The molecule has 1 aromatic heterocycles. The molecule has 1 N–H and O–H groups in total. The maximum Gasteiger partial charge on any atom is 0.171 e. The molecule has 1 saturated heterocycles. The molecule has 1 fully saturated rings. The molecule has 118 valence electrons. The van der Waals surface area contributed by atoms with Crippen LogP contribution in [0.1, 0.15) is 12.5 Å². The van der Waals surface area contributed by atoms with E-state index in [0.717, 1.165) is 11.4 Å². The van der Waals surface area contributed by atoms with Gasteiger partial charge in [0.15, 0.2) is 11.5 Å². The maximum absolute atomic E-state index is 10.3. The zero-order valence-corrected chi connectivity index (χ0v) is 12.7. The Morgan fingerprint density at radius 2 is 2.18 bits per heavy atom. The molecule has 0 saturated carbocycles. The molecular formula is C16H20N2O4. The summed E-state index contributed by atoms with van der Waals surface area (Å²) in [4.78, 5) is 4.44. The molecule has 0 unspecified atom stereocenters. The Labute approximate surface area is 129 Å². The lowest BCUT2D eigenvalue weighted by Gasteiger charge is -2.30. The van der Waals surface area contributed by atoms with Crippen molar-refractivity contribution in [1.82, 2.24) is 9.55 Å². The van der Waals surface area contributed by atoms with Gasteiger partial charge in [-0.15, -0.1) is 0 Å². The van der Waals surface area contributed by atoms with Crippen molar-refractivity contribution in [2.45, 2.75) is 18.6 Å². The number of aliphatic hydroxyl groups is 1. The van der Waals surface area contributed by atoms with Crippen LogP contribution in [0.4, 0.5) is 0 Å². The van der Waals surface area contributed by atoms with Gasteiger partial charge in [-0.2, -0.15) is 0 Å². The predicted molar refractivity (Wildman–Crippen MR) is 81.2 cm³/mol. The van der Waals surface area contributed by atoms with Crippen LogP contribution in [0.2, 0.25) is 0 Å². The fraction of sp³-hybridized carbons (Fsp3) is 0.438. The van der Waals surface area contributed by atoms with Gasteiger partial charge in [-0.25, -0.2) is 4.98 Å². The van der Waals surface area contributed by atoms with Crippen LogP contribution < -0.4 is 9.47 Å². The Hall–Kier alpha value is -2.05. The van der Waals surface area contributed by atoms with E-state index in [-0.39, 0.29) is 6.04 Å². The highest BCUT2D eigenvalue weighted by molar-refractivity contribution is 5.69. The molecule has 3 rings (SSSR count). The van der Waals surface area contributed by atoms with Crippen molar-refractivity contribution >= 4 is 0 Å². The van der Waals surface area contributed by atoms with E-state index in [4.69, 9.17) is 14.2 Å². The van der Waals surface area contributed by atoms with Crippen LogP contribution in [0.5, 0.6) is 11.5 Å². The second kappa shape index (κ2) is 6.37. The van der Waals surface area contributed by atoms with Crippen LogP contribution >= 0.6 is 0 Å². The molecule has 0 spiro atoms. The van der Waals surface area contributed by atoms with Gasteiger partial charge in [-0.05, 0) is 18.6 Å². The number of para-hydroxylation sites is 1. The number of hydrogen-bond donors (Lipinski definition) is 1. The van der Waals surface area contributed by atoms with Gasteiger partial charge >= 0.3 is 0 Å². The van der Waals surface area contributed by atoms with Gasteiger partial charge in [-0.1, -0.05) is 6.07 Å². The summed E-state index contributed by atoms with van der Waals surface area (Å²) in [5.74, 6) is 2.00. The monoisotopic (exact) mass is 304 g/mol. The molecule has 2 atom stereocenters. The van der Waals surface area contributed by atoms with E-state index in [1.165, 1.54) is 0 Å². The van der Waals surface area contributed by atoms with E-state index in [0.29, 0.717) is 31.1 Å². The van der Waals surface area contributed by atoms with Crippen LogP contribution in [0.3, 0.4) is 0 Å². The van der Waals surface area contributed by atoms with Crippen molar-refractivity contribution in [2.24, 2.45) is 0 Å². The molecule has 0 aliphatic carbocycles. The minimum absolute atomic E-state index is 0.151. The molecule has 2 heterocycles. The van der Waals surface area contributed by atoms with Crippen LogP contribution in [-0.4, -0.2) is 48.2 Å². The Morgan fingerprint density at radius 1 is 1.32 bits per heavy atom. The lowest BCUT2D eigenvalue weighted by atomic mass is 10.1. The largest absolute Gasteiger partial charge is 0.493 e. The molecule has 6 nitrogen and oxygen atoms in total. The fourth-order valence-corrected chi connectivity index (χ4v) is 2.83. The van der Waals surface area contributed by atoms with Gasteiger partial charge in [0.1, 0.15) is 5.82 Å². The highest BCUT2D eigenvalue weighted by atomic mass is 16.5. The van der Waals surface area contributed by atoms with Crippen LogP contribution in [-0.2, 0) is 4.74 Å². The Kier molecular flexibility index (Phi) is 4.31. The van der Waals surface area contributed by atoms with E-state index in [2.05, 4.69) is 4.98 Å². The summed E-state index contributed by atoms with van der Waals surface area (Å²) in [5.41, 5.74) is 0.824. The van der Waals surface area contributed by atoms with Crippen LogP contribution in [0, 0.1) is 0 Å². The topological polar surface area (TPSA) is 65.7 Å². The van der Waals surface area contributed by atoms with Gasteiger partial charge in [0, 0.05) is 19.0 Å². The van der Waals surface area contributed by atoms with Crippen LogP contribution in [0.15, 0.2) is 30.6 Å². The van der Waals surface area contributed by atoms with Gasteiger partial charge in [0.05, 0.1) is 38.5 Å². The first-order chi connectivity index (χ1) is 10.8. The van der Waals surface area contributed by atoms with Crippen molar-refractivity contribution in [2.75, 3.05) is 27.4 Å². The Morgan fingerprint density at radius 3 is 2.91 bits per heavy atom. The second-order valence-electron chi connectivity index (χ2n) is 5.20. The third-order valence-corrected chi connectivity index (χ3v) is 3.96. The van der Waals surface area contributed by atoms with Gasteiger partial charge < -0.3 is 23.9 Å². The predicted octanol–water partition coefficient (Wildman–Crippen LogP) is 1.89. The second-order valence-corrected chi connectivity index (χ2v) is 5.20. The third-order valence-electron chi connectivity index (χ3n) is 3.96. The number of aliphatic hydroxyl groups excluding tert-OH is 1.